The summed E-state index contributed by atoms with van der Waals surface area (Å²) in [6, 6.07) is 27.1. The molecule has 0 aromatic heterocycles. The number of carbonyl (C=O) groups excluding carboxylic acids is 5. The Labute approximate surface area is 403 Å². The van der Waals surface area contributed by atoms with Gasteiger partial charge < -0.3 is 38.9 Å². The standard InChI is InChI=1S/C55H60N2O12/c1-4-7-8-48(66-50(58)5-2)35-65-44-25-29-46(30-26-44)68-54(61)41-17-19-42(20-18-41)55(62)69-47-22-21-37(49(33-47)51(57)38-11-9-36(34-56)10-12-38)31-32-64-52(59)39-13-15-40(16-14-39)53(60)67-45-27-23-43(24-28-45)63-6-3/h4-5,9-12,21-30,33,39-42,48,51H,1-2,6-8,13-20,31-32,35,57H2,3H3. The summed E-state index contributed by atoms with van der Waals surface area (Å²) in [6.07, 6.45) is 7.69. The minimum absolute atomic E-state index is 0.0872. The Balaban J connectivity index is 0.985. The highest BCUT2D eigenvalue weighted by molar-refractivity contribution is 5.81. The van der Waals surface area contributed by atoms with Crippen molar-refractivity contribution in [3.8, 4) is 34.8 Å². The van der Waals surface area contributed by atoms with Gasteiger partial charge >= 0.3 is 29.8 Å². The van der Waals surface area contributed by atoms with Crippen LogP contribution in [0, 0.1) is 35.0 Å². The molecule has 0 heterocycles. The van der Waals surface area contributed by atoms with Crippen LogP contribution in [0.5, 0.6) is 28.7 Å². The molecule has 0 bridgehead atoms. The summed E-state index contributed by atoms with van der Waals surface area (Å²) in [5.74, 6) is -1.13. The average Bonchev–Trinajstić information content (AvgIpc) is 3.38. The first-order valence-corrected chi connectivity index (χ1v) is 23.6. The van der Waals surface area contributed by atoms with Crippen LogP contribution < -0.4 is 29.4 Å². The van der Waals surface area contributed by atoms with Crippen LogP contribution in [-0.4, -0.2) is 55.8 Å². The van der Waals surface area contributed by atoms with Crippen LogP contribution in [0.1, 0.15) is 99.4 Å². The molecule has 0 saturated heterocycles. The monoisotopic (exact) mass is 940 g/mol. The minimum atomic E-state index is -0.654. The van der Waals surface area contributed by atoms with E-state index in [-0.39, 0.29) is 43.0 Å². The van der Waals surface area contributed by atoms with Crippen molar-refractivity contribution in [2.24, 2.45) is 29.4 Å². The van der Waals surface area contributed by atoms with Crippen LogP contribution in [0.4, 0.5) is 0 Å². The minimum Gasteiger partial charge on any atom is -0.494 e. The van der Waals surface area contributed by atoms with Crippen molar-refractivity contribution in [3.63, 3.8) is 0 Å². The molecule has 2 aliphatic carbocycles. The predicted molar refractivity (Wildman–Crippen MR) is 255 cm³/mol. The van der Waals surface area contributed by atoms with Gasteiger partial charge in [0.15, 0.2) is 0 Å². The van der Waals surface area contributed by atoms with Crippen molar-refractivity contribution in [3.05, 3.63) is 139 Å². The summed E-state index contributed by atoms with van der Waals surface area (Å²) >= 11 is 0. The number of ether oxygens (including phenoxy) is 7. The summed E-state index contributed by atoms with van der Waals surface area (Å²) in [5, 5.41) is 9.35. The highest BCUT2D eigenvalue weighted by atomic mass is 16.6. The fourth-order valence-corrected chi connectivity index (χ4v) is 8.46. The lowest BCUT2D eigenvalue weighted by Gasteiger charge is -2.26. The van der Waals surface area contributed by atoms with Crippen LogP contribution in [0.15, 0.2) is 116 Å². The smallest absolute Gasteiger partial charge is 0.330 e. The molecule has 0 amide bonds. The maximum absolute atomic E-state index is 13.5. The first kappa shape index (κ1) is 51.2. The summed E-state index contributed by atoms with van der Waals surface area (Å²) in [4.78, 5) is 64.5. The van der Waals surface area contributed by atoms with Crippen LogP contribution in [-0.2, 0) is 39.9 Å². The van der Waals surface area contributed by atoms with Gasteiger partial charge in [-0.05, 0) is 161 Å². The molecule has 4 aromatic rings. The van der Waals surface area contributed by atoms with Gasteiger partial charge in [-0.2, -0.15) is 5.26 Å². The van der Waals surface area contributed by atoms with E-state index < -0.39 is 35.9 Å². The lowest BCUT2D eigenvalue weighted by molar-refractivity contribution is -0.152. The topological polar surface area (TPSA) is 200 Å². The molecule has 0 aliphatic heterocycles. The second-order valence-electron chi connectivity index (χ2n) is 17.2. The Morgan fingerprint density at radius 2 is 1.14 bits per heavy atom. The van der Waals surface area contributed by atoms with E-state index in [4.69, 9.17) is 38.9 Å². The summed E-state index contributed by atoms with van der Waals surface area (Å²) < 4.78 is 39.6. The number of hydrogen-bond donors (Lipinski definition) is 1. The number of nitrogens with two attached hydrogens (primary N) is 1. The van der Waals surface area contributed by atoms with Crippen molar-refractivity contribution in [1.82, 2.24) is 0 Å². The molecule has 2 atom stereocenters. The quantitative estimate of drug-likeness (QED) is 0.0338. The molecule has 6 rings (SSSR count). The number of carbonyl (C=O) groups is 5. The predicted octanol–water partition coefficient (Wildman–Crippen LogP) is 9.26. The lowest BCUT2D eigenvalue weighted by atomic mass is 9.82. The van der Waals surface area contributed by atoms with E-state index in [0.717, 1.165) is 17.2 Å². The molecule has 2 fully saturated rings. The molecule has 14 heteroatoms. The average molecular weight is 941 g/mol. The van der Waals surface area contributed by atoms with Gasteiger partial charge in [-0.3, -0.25) is 19.2 Å². The third kappa shape index (κ3) is 15.1. The second-order valence-corrected chi connectivity index (χ2v) is 17.2. The zero-order chi connectivity index (χ0) is 49.1. The van der Waals surface area contributed by atoms with E-state index in [1.807, 2.05) is 13.0 Å². The van der Waals surface area contributed by atoms with E-state index in [1.165, 1.54) is 0 Å². The van der Waals surface area contributed by atoms with Crippen LogP contribution in [0.25, 0.3) is 0 Å². The highest BCUT2D eigenvalue weighted by Crippen LogP contribution is 2.35. The number of benzene rings is 4. The fraction of sp³-hybridized carbons (Fsp3) is 0.382. The Morgan fingerprint density at radius 1 is 0.667 bits per heavy atom. The molecule has 362 valence electrons. The van der Waals surface area contributed by atoms with Crippen LogP contribution in [0.3, 0.4) is 0 Å². The third-order valence-corrected chi connectivity index (χ3v) is 12.4. The number of allylic oxidation sites excluding steroid dienone is 1. The van der Waals surface area contributed by atoms with Gasteiger partial charge in [0.05, 0.1) is 54.6 Å². The van der Waals surface area contributed by atoms with Gasteiger partial charge in [-0.1, -0.05) is 30.9 Å². The van der Waals surface area contributed by atoms with Gasteiger partial charge in [0.2, 0.25) is 0 Å². The Morgan fingerprint density at radius 3 is 1.64 bits per heavy atom. The number of nitrogens with zero attached hydrogens (tertiary/aromatic N) is 1. The van der Waals surface area contributed by atoms with Crippen molar-refractivity contribution in [1.29, 1.82) is 5.26 Å². The molecule has 2 aliphatic rings. The largest absolute Gasteiger partial charge is 0.494 e. The molecule has 14 nitrogen and oxygen atoms in total. The van der Waals surface area contributed by atoms with Gasteiger partial charge in [0.25, 0.3) is 0 Å². The highest BCUT2D eigenvalue weighted by Gasteiger charge is 2.34. The number of nitriles is 1. The van der Waals surface area contributed by atoms with Gasteiger partial charge in [0, 0.05) is 12.5 Å². The lowest BCUT2D eigenvalue weighted by Crippen LogP contribution is -2.30. The Kier molecular flexibility index (Phi) is 19.1. The maximum atomic E-state index is 13.5. The summed E-state index contributed by atoms with van der Waals surface area (Å²) in [7, 11) is 0. The maximum Gasteiger partial charge on any atom is 0.330 e. The molecule has 0 spiro atoms. The SMILES string of the molecule is C=CCCC(COc1ccc(OC(=O)C2CCC(C(=O)Oc3ccc(CCOC(=O)C4CCC(C(=O)Oc5ccc(OCC)cc5)CC4)c(C(N)c4ccc(C#N)cc4)c3)CC2)cc1)OC(=O)C=C. The van der Waals surface area contributed by atoms with Crippen molar-refractivity contribution in [2.75, 3.05) is 19.8 Å². The summed E-state index contributed by atoms with van der Waals surface area (Å²) in [6.45, 7) is 9.80. The number of esters is 5. The van der Waals surface area contributed by atoms with E-state index in [2.05, 4.69) is 19.2 Å². The molecule has 69 heavy (non-hydrogen) atoms. The van der Waals surface area contributed by atoms with Gasteiger partial charge in [-0.25, -0.2) is 4.79 Å². The first-order chi connectivity index (χ1) is 33.5. The molecule has 0 radical (unpaired) electrons. The van der Waals surface area contributed by atoms with Gasteiger partial charge in [-0.15, -0.1) is 6.58 Å². The van der Waals surface area contributed by atoms with E-state index >= 15 is 0 Å². The molecular formula is C55H60N2O12. The fourth-order valence-electron chi connectivity index (χ4n) is 8.46. The number of hydrogen-bond acceptors (Lipinski definition) is 14. The normalized spacial score (nSPS) is 18.4. The molecule has 4 aromatic carbocycles. The van der Waals surface area contributed by atoms with Crippen molar-refractivity contribution >= 4 is 29.8 Å². The van der Waals surface area contributed by atoms with E-state index in [0.29, 0.717) is 117 Å². The Hall–Kier alpha value is -7.24. The number of rotatable bonds is 22. The van der Waals surface area contributed by atoms with Crippen LogP contribution >= 0.6 is 0 Å². The molecule has 2 N–H and O–H groups in total. The zero-order valence-electron chi connectivity index (χ0n) is 39.0. The third-order valence-electron chi connectivity index (χ3n) is 12.4. The van der Waals surface area contributed by atoms with Crippen molar-refractivity contribution in [2.45, 2.75) is 89.7 Å². The molecule has 2 unspecified atom stereocenters. The first-order valence-electron chi connectivity index (χ1n) is 23.6. The van der Waals surface area contributed by atoms with E-state index in [9.17, 15) is 29.2 Å². The van der Waals surface area contributed by atoms with Crippen molar-refractivity contribution < 1.29 is 57.1 Å². The molecule has 2 saturated carbocycles. The van der Waals surface area contributed by atoms with E-state index in [1.54, 1.807) is 91.0 Å². The zero-order valence-corrected chi connectivity index (χ0v) is 39.0. The Bertz CT molecular complexity index is 2430. The van der Waals surface area contributed by atoms with Gasteiger partial charge in [0.1, 0.15) is 41.5 Å². The second kappa shape index (κ2) is 25.8. The molecular weight excluding hydrogens is 881 g/mol. The summed E-state index contributed by atoms with van der Waals surface area (Å²) in [5.41, 5.74) is 9.50. The van der Waals surface area contributed by atoms with Crippen LogP contribution in [0.2, 0.25) is 0 Å².